The molecule has 1 rings (SSSR count). The lowest BCUT2D eigenvalue weighted by atomic mass is 10.2. The Hall–Kier alpha value is -0.600. The zero-order chi connectivity index (χ0) is 10.6. The van der Waals surface area contributed by atoms with Crippen LogP contribution in [-0.2, 0) is 0 Å². The summed E-state index contributed by atoms with van der Waals surface area (Å²) in [7, 11) is 0. The van der Waals surface area contributed by atoms with Crippen LogP contribution >= 0.6 is 0 Å². The van der Waals surface area contributed by atoms with Crippen molar-refractivity contribution < 1.29 is 0 Å². The van der Waals surface area contributed by atoms with Crippen molar-refractivity contribution in [3.8, 4) is 0 Å². The summed E-state index contributed by atoms with van der Waals surface area (Å²) in [6.45, 7) is 4.28. The normalized spacial score (nSPS) is 21.9. The Morgan fingerprint density at radius 2 is 1.13 bits per heavy atom. The highest BCUT2D eigenvalue weighted by molar-refractivity contribution is 4.86. The molecule has 2 N–H and O–H groups in total. The van der Waals surface area contributed by atoms with Gasteiger partial charge in [0.25, 0.3) is 0 Å². The molecule has 0 unspecified atom stereocenters. The molecular formula is C13H24N2. The third kappa shape index (κ3) is 8.40. The molecule has 0 spiro atoms. The molecule has 0 aromatic heterocycles. The minimum absolute atomic E-state index is 1.03. The quantitative estimate of drug-likeness (QED) is 0.597. The molecule has 15 heavy (non-hydrogen) atoms. The van der Waals surface area contributed by atoms with Gasteiger partial charge in [-0.3, -0.25) is 0 Å². The van der Waals surface area contributed by atoms with Gasteiger partial charge in [0.1, 0.15) is 0 Å². The van der Waals surface area contributed by atoms with Crippen molar-refractivity contribution >= 4 is 0 Å². The number of nitrogens with one attached hydrogen (secondary N) is 2. The molecule has 0 bridgehead atoms. The van der Waals surface area contributed by atoms with Crippen LogP contribution in [0.15, 0.2) is 24.3 Å². The van der Waals surface area contributed by atoms with E-state index in [1.165, 1.54) is 32.1 Å². The van der Waals surface area contributed by atoms with E-state index in [0.29, 0.717) is 0 Å². The van der Waals surface area contributed by atoms with Crippen molar-refractivity contribution in [2.75, 3.05) is 26.2 Å². The Balaban J connectivity index is 2.15. The van der Waals surface area contributed by atoms with E-state index in [2.05, 4.69) is 34.9 Å². The van der Waals surface area contributed by atoms with Gasteiger partial charge in [-0.1, -0.05) is 24.3 Å². The lowest BCUT2D eigenvalue weighted by Gasteiger charge is -2.02. The first-order chi connectivity index (χ1) is 7.50. The van der Waals surface area contributed by atoms with Crippen molar-refractivity contribution in [2.45, 2.75) is 32.1 Å². The Kier molecular flexibility index (Phi) is 8.26. The maximum atomic E-state index is 3.41. The largest absolute Gasteiger partial charge is 0.313 e. The zero-order valence-electron chi connectivity index (χ0n) is 9.67. The van der Waals surface area contributed by atoms with E-state index < -0.39 is 0 Å². The topological polar surface area (TPSA) is 24.1 Å². The van der Waals surface area contributed by atoms with Gasteiger partial charge in [0.2, 0.25) is 0 Å². The third-order valence-electron chi connectivity index (χ3n) is 2.56. The fourth-order valence-corrected chi connectivity index (χ4v) is 1.64. The molecule has 0 aromatic rings. The van der Waals surface area contributed by atoms with Crippen molar-refractivity contribution in [2.24, 2.45) is 0 Å². The maximum Gasteiger partial charge on any atom is 0.0134 e. The van der Waals surface area contributed by atoms with Crippen LogP contribution in [0.4, 0.5) is 0 Å². The monoisotopic (exact) mass is 208 g/mol. The molecule has 0 saturated heterocycles. The van der Waals surface area contributed by atoms with Crippen molar-refractivity contribution in [3.63, 3.8) is 0 Å². The number of hydrogen-bond acceptors (Lipinski definition) is 2. The summed E-state index contributed by atoms with van der Waals surface area (Å²) < 4.78 is 0. The van der Waals surface area contributed by atoms with Crippen molar-refractivity contribution in [3.05, 3.63) is 24.3 Å². The molecule has 86 valence electrons. The molecule has 1 aliphatic rings. The highest BCUT2D eigenvalue weighted by atomic mass is 14.9. The second kappa shape index (κ2) is 9.94. The number of allylic oxidation sites excluding steroid dienone is 2. The van der Waals surface area contributed by atoms with Gasteiger partial charge in [0.15, 0.2) is 0 Å². The minimum atomic E-state index is 1.03. The van der Waals surface area contributed by atoms with Crippen LogP contribution in [0.5, 0.6) is 0 Å². The molecule has 2 heteroatoms. The van der Waals surface area contributed by atoms with Gasteiger partial charge in [0.05, 0.1) is 0 Å². The second-order valence-corrected chi connectivity index (χ2v) is 3.99. The smallest absolute Gasteiger partial charge is 0.0134 e. The summed E-state index contributed by atoms with van der Waals surface area (Å²) in [5.41, 5.74) is 0. The van der Waals surface area contributed by atoms with Crippen molar-refractivity contribution in [1.82, 2.24) is 10.6 Å². The molecule has 1 aliphatic heterocycles. The Labute approximate surface area is 93.8 Å². The maximum absolute atomic E-state index is 3.41. The first-order valence-corrected chi connectivity index (χ1v) is 6.21. The SMILES string of the molecule is C1=CCNCCCNCC=CCCCC1. The van der Waals surface area contributed by atoms with Crippen molar-refractivity contribution in [1.29, 1.82) is 0 Å². The second-order valence-electron chi connectivity index (χ2n) is 3.99. The summed E-state index contributed by atoms with van der Waals surface area (Å²) in [6.07, 6.45) is 15.4. The average molecular weight is 208 g/mol. The molecule has 2 nitrogen and oxygen atoms in total. The molecule has 0 aromatic carbocycles. The molecule has 1 heterocycles. The van der Waals surface area contributed by atoms with Gasteiger partial charge in [-0.2, -0.15) is 0 Å². The third-order valence-corrected chi connectivity index (χ3v) is 2.56. The molecule has 0 saturated carbocycles. The fourth-order valence-electron chi connectivity index (χ4n) is 1.64. The summed E-state index contributed by atoms with van der Waals surface area (Å²) in [6, 6.07) is 0. The Morgan fingerprint density at radius 3 is 1.67 bits per heavy atom. The highest BCUT2D eigenvalue weighted by Gasteiger charge is 1.88. The average Bonchev–Trinajstić information content (AvgIpc) is 2.27. The van der Waals surface area contributed by atoms with Crippen LogP contribution in [0.1, 0.15) is 32.1 Å². The molecule has 0 atom stereocenters. The first-order valence-electron chi connectivity index (χ1n) is 6.21. The van der Waals surface area contributed by atoms with Crippen LogP contribution in [0.3, 0.4) is 0 Å². The van der Waals surface area contributed by atoms with Gasteiger partial charge >= 0.3 is 0 Å². The van der Waals surface area contributed by atoms with Crippen LogP contribution in [0.25, 0.3) is 0 Å². The summed E-state index contributed by atoms with van der Waals surface area (Å²) in [4.78, 5) is 0. The molecule has 0 fully saturated rings. The van der Waals surface area contributed by atoms with Gasteiger partial charge in [-0.05, 0) is 45.2 Å². The van der Waals surface area contributed by atoms with E-state index in [9.17, 15) is 0 Å². The van der Waals surface area contributed by atoms with Gasteiger partial charge in [-0.25, -0.2) is 0 Å². The molecule has 0 radical (unpaired) electrons. The summed E-state index contributed by atoms with van der Waals surface area (Å²) in [5, 5.41) is 6.82. The van der Waals surface area contributed by atoms with E-state index in [1.54, 1.807) is 0 Å². The van der Waals surface area contributed by atoms with Crippen LogP contribution in [-0.4, -0.2) is 26.2 Å². The lowest BCUT2D eigenvalue weighted by Crippen LogP contribution is -2.22. The van der Waals surface area contributed by atoms with Crippen LogP contribution < -0.4 is 10.6 Å². The predicted molar refractivity (Wildman–Crippen MR) is 67.1 cm³/mol. The van der Waals surface area contributed by atoms with E-state index in [-0.39, 0.29) is 0 Å². The summed E-state index contributed by atoms with van der Waals surface area (Å²) in [5.74, 6) is 0. The highest BCUT2D eigenvalue weighted by Crippen LogP contribution is 2.01. The van der Waals surface area contributed by atoms with Gasteiger partial charge in [0, 0.05) is 13.1 Å². The molecule has 0 aliphatic carbocycles. The van der Waals surface area contributed by atoms with Crippen LogP contribution in [0, 0.1) is 0 Å². The predicted octanol–water partition coefficient (Wildman–Crippen LogP) is 2.24. The Morgan fingerprint density at radius 1 is 0.600 bits per heavy atom. The van der Waals surface area contributed by atoms with E-state index in [1.807, 2.05) is 0 Å². The number of hydrogen-bond donors (Lipinski definition) is 2. The Bertz CT molecular complexity index is 165. The van der Waals surface area contributed by atoms with Gasteiger partial charge < -0.3 is 10.6 Å². The van der Waals surface area contributed by atoms with E-state index >= 15 is 0 Å². The fraction of sp³-hybridized carbons (Fsp3) is 0.692. The minimum Gasteiger partial charge on any atom is -0.313 e. The van der Waals surface area contributed by atoms with E-state index in [0.717, 1.165) is 26.2 Å². The van der Waals surface area contributed by atoms with E-state index in [4.69, 9.17) is 0 Å². The standard InChI is InChI=1S/C13H24N2/c1-2-4-6-8-11-15-13-9-12-14-10-7-5-3-1/h5-8,14-15H,1-4,9-13H2. The van der Waals surface area contributed by atoms with Gasteiger partial charge in [-0.15, -0.1) is 0 Å². The zero-order valence-corrected chi connectivity index (χ0v) is 9.67. The van der Waals surface area contributed by atoms with Crippen LogP contribution in [0.2, 0.25) is 0 Å². The summed E-state index contributed by atoms with van der Waals surface area (Å²) >= 11 is 0. The first kappa shape index (κ1) is 12.5. The number of rotatable bonds is 0. The molecular weight excluding hydrogens is 184 g/mol. The molecule has 0 amide bonds. The lowest BCUT2D eigenvalue weighted by molar-refractivity contribution is 0.639.